The molecular formula is C20H23N5O4S. The Kier molecular flexibility index (Phi) is 4.62. The summed E-state index contributed by atoms with van der Waals surface area (Å²) in [5.41, 5.74) is 0.602. The molecule has 0 radical (unpaired) electrons. The van der Waals surface area contributed by atoms with Crippen molar-refractivity contribution in [3.8, 4) is 0 Å². The number of aromatic nitrogens is 1. The SMILES string of the molecule is C[C@@]1(C2CC2)NC(=O)N(CC(=O)Nc2ccc3nc(N4CCOCC4)sc3c2)C1=O. The summed E-state index contributed by atoms with van der Waals surface area (Å²) >= 11 is 1.57. The minimum atomic E-state index is -0.880. The van der Waals surface area contributed by atoms with Crippen molar-refractivity contribution in [3.05, 3.63) is 18.2 Å². The summed E-state index contributed by atoms with van der Waals surface area (Å²) in [6.07, 6.45) is 1.84. The van der Waals surface area contributed by atoms with E-state index in [1.807, 2.05) is 12.1 Å². The van der Waals surface area contributed by atoms with Gasteiger partial charge in [0.05, 0.1) is 23.4 Å². The van der Waals surface area contributed by atoms with Crippen LogP contribution in [-0.4, -0.2) is 66.1 Å². The third-order valence-electron chi connectivity index (χ3n) is 5.94. The first kappa shape index (κ1) is 19.3. The zero-order chi connectivity index (χ0) is 20.9. The molecule has 3 fully saturated rings. The van der Waals surface area contributed by atoms with Gasteiger partial charge in [0.15, 0.2) is 5.13 Å². The lowest BCUT2D eigenvalue weighted by Crippen LogP contribution is -2.46. The maximum absolute atomic E-state index is 12.7. The van der Waals surface area contributed by atoms with Gasteiger partial charge in [0.2, 0.25) is 5.91 Å². The molecule has 2 aromatic rings. The van der Waals surface area contributed by atoms with Crippen LogP contribution < -0.4 is 15.5 Å². The molecule has 30 heavy (non-hydrogen) atoms. The normalized spacial score (nSPS) is 24.4. The van der Waals surface area contributed by atoms with E-state index >= 15 is 0 Å². The zero-order valence-corrected chi connectivity index (χ0v) is 17.5. The average Bonchev–Trinajstić information content (AvgIpc) is 3.47. The van der Waals surface area contributed by atoms with Crippen molar-refractivity contribution in [2.24, 2.45) is 5.92 Å². The number of hydrogen-bond donors (Lipinski definition) is 2. The molecule has 4 amide bonds. The Bertz CT molecular complexity index is 1030. The molecule has 5 rings (SSSR count). The van der Waals surface area contributed by atoms with Gasteiger partial charge < -0.3 is 20.3 Å². The number of thiazole rings is 1. The number of morpholine rings is 1. The van der Waals surface area contributed by atoms with Crippen LogP contribution in [0.5, 0.6) is 0 Å². The minimum absolute atomic E-state index is 0.163. The van der Waals surface area contributed by atoms with Gasteiger partial charge in [-0.05, 0) is 43.9 Å². The minimum Gasteiger partial charge on any atom is -0.378 e. The average molecular weight is 430 g/mol. The molecule has 0 spiro atoms. The molecule has 1 aromatic carbocycles. The number of amides is 4. The van der Waals surface area contributed by atoms with E-state index in [-0.39, 0.29) is 18.4 Å². The van der Waals surface area contributed by atoms with E-state index in [1.165, 1.54) is 0 Å². The summed E-state index contributed by atoms with van der Waals surface area (Å²) in [6, 6.07) is 5.01. The predicted octanol–water partition coefficient (Wildman–Crippen LogP) is 1.79. The lowest BCUT2D eigenvalue weighted by atomic mass is 9.96. The Labute approximate surface area is 177 Å². The van der Waals surface area contributed by atoms with Gasteiger partial charge in [0, 0.05) is 18.8 Å². The van der Waals surface area contributed by atoms with Crippen LogP contribution >= 0.6 is 11.3 Å². The third kappa shape index (κ3) is 3.39. The van der Waals surface area contributed by atoms with Crippen molar-refractivity contribution < 1.29 is 19.1 Å². The largest absolute Gasteiger partial charge is 0.378 e. The number of nitrogens with zero attached hydrogens (tertiary/aromatic N) is 3. The van der Waals surface area contributed by atoms with Gasteiger partial charge >= 0.3 is 6.03 Å². The van der Waals surface area contributed by atoms with E-state index in [9.17, 15) is 14.4 Å². The highest BCUT2D eigenvalue weighted by Gasteiger charge is 2.56. The fraction of sp³-hybridized carbons (Fsp3) is 0.500. The molecule has 158 valence electrons. The Hall–Kier alpha value is -2.72. The lowest BCUT2D eigenvalue weighted by molar-refractivity contribution is -0.134. The number of fused-ring (bicyclic) bond motifs is 1. The zero-order valence-electron chi connectivity index (χ0n) is 16.6. The molecule has 1 atom stereocenters. The summed E-state index contributed by atoms with van der Waals surface area (Å²) in [5.74, 6) is -0.564. The molecule has 1 aliphatic carbocycles. The number of carbonyl (C=O) groups excluding carboxylic acids is 3. The standard InChI is InChI=1S/C20H23N5O4S/c1-20(12-2-3-12)17(27)25(18(28)23-20)11-16(26)21-13-4-5-14-15(10-13)30-19(22-14)24-6-8-29-9-7-24/h4-5,10,12H,2-3,6-9,11H2,1H3,(H,21,26)(H,23,28)/t20-/m0/s1. The smallest absolute Gasteiger partial charge is 0.325 e. The second-order valence-electron chi connectivity index (χ2n) is 8.12. The topological polar surface area (TPSA) is 104 Å². The van der Waals surface area contributed by atoms with Gasteiger partial charge in [-0.2, -0.15) is 0 Å². The van der Waals surface area contributed by atoms with Gasteiger partial charge in [-0.15, -0.1) is 0 Å². The molecule has 10 heteroatoms. The van der Waals surface area contributed by atoms with Gasteiger partial charge in [-0.3, -0.25) is 14.5 Å². The van der Waals surface area contributed by atoms with E-state index in [0.717, 1.165) is 46.2 Å². The fourth-order valence-corrected chi connectivity index (χ4v) is 5.08. The lowest BCUT2D eigenvalue weighted by Gasteiger charge is -2.25. The molecular weight excluding hydrogens is 406 g/mol. The highest BCUT2D eigenvalue weighted by molar-refractivity contribution is 7.22. The summed E-state index contributed by atoms with van der Waals surface area (Å²) in [4.78, 5) is 45.3. The number of ether oxygens (including phenoxy) is 1. The summed E-state index contributed by atoms with van der Waals surface area (Å²) in [7, 11) is 0. The molecule has 9 nitrogen and oxygen atoms in total. The van der Waals surface area contributed by atoms with E-state index in [2.05, 4.69) is 20.5 Å². The quantitative estimate of drug-likeness (QED) is 0.703. The van der Waals surface area contributed by atoms with Gasteiger partial charge in [0.1, 0.15) is 12.1 Å². The van der Waals surface area contributed by atoms with Crippen LogP contribution in [0.2, 0.25) is 0 Å². The molecule has 3 heterocycles. The number of urea groups is 1. The van der Waals surface area contributed by atoms with Crippen molar-refractivity contribution in [1.29, 1.82) is 0 Å². The first-order valence-corrected chi connectivity index (χ1v) is 10.9. The van der Waals surface area contributed by atoms with E-state index in [4.69, 9.17) is 4.74 Å². The Morgan fingerprint density at radius 2 is 2.10 bits per heavy atom. The number of hydrogen-bond acceptors (Lipinski definition) is 7. The van der Waals surface area contributed by atoms with Crippen molar-refractivity contribution in [3.63, 3.8) is 0 Å². The Morgan fingerprint density at radius 3 is 2.83 bits per heavy atom. The van der Waals surface area contributed by atoms with E-state index < -0.39 is 17.5 Å². The van der Waals surface area contributed by atoms with Crippen molar-refractivity contribution >= 4 is 50.2 Å². The number of rotatable bonds is 5. The van der Waals surface area contributed by atoms with Crippen LogP contribution in [0, 0.1) is 5.92 Å². The second-order valence-corrected chi connectivity index (χ2v) is 9.13. The summed E-state index contributed by atoms with van der Waals surface area (Å²) in [6.45, 7) is 4.46. The molecule has 2 saturated heterocycles. The van der Waals surface area contributed by atoms with Gasteiger partial charge in [-0.1, -0.05) is 11.3 Å². The van der Waals surface area contributed by atoms with Crippen LogP contribution in [0.3, 0.4) is 0 Å². The van der Waals surface area contributed by atoms with Crippen LogP contribution in [0.1, 0.15) is 19.8 Å². The van der Waals surface area contributed by atoms with E-state index in [1.54, 1.807) is 24.3 Å². The van der Waals surface area contributed by atoms with Crippen molar-refractivity contribution in [2.75, 3.05) is 43.1 Å². The maximum atomic E-state index is 12.7. The molecule has 0 bridgehead atoms. The van der Waals surface area contributed by atoms with Gasteiger partial charge in [-0.25, -0.2) is 9.78 Å². The molecule has 3 aliphatic rings. The number of imide groups is 1. The highest BCUT2D eigenvalue weighted by atomic mass is 32.1. The first-order valence-electron chi connectivity index (χ1n) is 10.1. The van der Waals surface area contributed by atoms with Crippen LogP contribution in [0.15, 0.2) is 18.2 Å². The summed E-state index contributed by atoms with van der Waals surface area (Å²) < 4.78 is 6.35. The number of anilines is 2. The monoisotopic (exact) mass is 429 g/mol. The third-order valence-corrected chi connectivity index (χ3v) is 7.02. The van der Waals surface area contributed by atoms with Crippen molar-refractivity contribution in [2.45, 2.75) is 25.3 Å². The molecule has 2 N–H and O–H groups in total. The Balaban J connectivity index is 1.26. The highest BCUT2D eigenvalue weighted by Crippen LogP contribution is 2.42. The Morgan fingerprint density at radius 1 is 1.33 bits per heavy atom. The first-order chi connectivity index (χ1) is 14.4. The molecule has 2 aliphatic heterocycles. The van der Waals surface area contributed by atoms with Gasteiger partial charge in [0.25, 0.3) is 5.91 Å². The van der Waals surface area contributed by atoms with Crippen LogP contribution in [-0.2, 0) is 14.3 Å². The summed E-state index contributed by atoms with van der Waals surface area (Å²) in [5, 5.41) is 6.49. The second kappa shape index (κ2) is 7.21. The maximum Gasteiger partial charge on any atom is 0.325 e. The molecule has 1 aromatic heterocycles. The predicted molar refractivity (Wildman–Crippen MR) is 113 cm³/mol. The number of nitrogens with one attached hydrogen (secondary N) is 2. The van der Waals surface area contributed by atoms with Crippen molar-refractivity contribution in [1.82, 2.24) is 15.2 Å². The van der Waals surface area contributed by atoms with Crippen LogP contribution in [0.25, 0.3) is 10.2 Å². The number of benzene rings is 1. The van der Waals surface area contributed by atoms with E-state index in [0.29, 0.717) is 18.9 Å². The number of carbonyl (C=O) groups is 3. The molecule has 0 unspecified atom stereocenters. The van der Waals surface area contributed by atoms with Crippen LogP contribution in [0.4, 0.5) is 15.6 Å². The fourth-order valence-electron chi connectivity index (χ4n) is 4.02. The molecule has 1 saturated carbocycles.